The molecule has 0 aliphatic carbocycles. The number of rotatable bonds is 10. The van der Waals surface area contributed by atoms with E-state index < -0.39 is 33.4 Å². The number of benzene rings is 2. The number of carbonyl (C=O) groups is 2. The van der Waals surface area contributed by atoms with Crippen molar-refractivity contribution in [2.24, 2.45) is 16.9 Å². The fourth-order valence-electron chi connectivity index (χ4n) is 4.69. The lowest BCUT2D eigenvalue weighted by molar-refractivity contribution is -0.124. The van der Waals surface area contributed by atoms with Gasteiger partial charge in [-0.15, -0.1) is 0 Å². The summed E-state index contributed by atoms with van der Waals surface area (Å²) in [5.41, 5.74) is 12.6. The molecule has 1 aliphatic heterocycles. The highest BCUT2D eigenvalue weighted by Gasteiger charge is 2.48. The van der Waals surface area contributed by atoms with Crippen LogP contribution in [0.5, 0.6) is 0 Å². The summed E-state index contributed by atoms with van der Waals surface area (Å²) in [6.07, 6.45) is 0.684. The van der Waals surface area contributed by atoms with Crippen molar-refractivity contribution in [2.75, 3.05) is 37.3 Å². The zero-order chi connectivity index (χ0) is 26.3. The number of nitrogens with zero attached hydrogens (tertiary/aromatic N) is 1. The van der Waals surface area contributed by atoms with Crippen molar-refractivity contribution in [3.8, 4) is 0 Å². The predicted octanol–water partition coefficient (Wildman–Crippen LogP) is 3.09. The number of amides is 2. The fourth-order valence-corrected chi connectivity index (χ4v) is 6.23. The van der Waals surface area contributed by atoms with Gasteiger partial charge in [-0.2, -0.15) is 0 Å². The average molecular weight is 537 g/mol. The lowest BCUT2D eigenvalue weighted by atomic mass is 9.66. The van der Waals surface area contributed by atoms with Crippen LogP contribution in [0.4, 0.5) is 10.5 Å². The lowest BCUT2D eigenvalue weighted by Crippen LogP contribution is -2.51. The molecule has 2 aromatic carbocycles. The number of carbonyl (C=O) groups excluding carboxylic acids is 2. The number of primary amides is 1. The molecular formula is C25H33ClN4O5S. The minimum Gasteiger partial charge on any atom is -0.449 e. The smallest absolute Gasteiger partial charge is 0.411 e. The van der Waals surface area contributed by atoms with E-state index in [2.05, 4.69) is 5.32 Å². The van der Waals surface area contributed by atoms with Gasteiger partial charge in [-0.1, -0.05) is 48.9 Å². The molecule has 0 saturated carbocycles. The molecule has 1 fully saturated rings. The van der Waals surface area contributed by atoms with E-state index in [1.54, 1.807) is 36.4 Å². The molecule has 9 nitrogen and oxygen atoms in total. The van der Waals surface area contributed by atoms with Gasteiger partial charge in [-0.05, 0) is 48.6 Å². The summed E-state index contributed by atoms with van der Waals surface area (Å²) in [4.78, 5) is 25.5. The molecule has 2 amide bonds. The number of nitrogens with one attached hydrogen (secondary N) is 1. The zero-order valence-corrected chi connectivity index (χ0v) is 21.9. The second kappa shape index (κ2) is 12.1. The standard InChI is InChI=1S/C25H33ClN4O5S/c1-2-18-7-9-19(10-8-18)29-24(32)35-17-25(11-14-30(15-12-25)36(33,34)16-13-27)22(23(28)31)20-5-3-4-6-21(20)26/h3-10,22H,2,11-17,27H2,1H3,(H2,28,31)(H,29,32). The monoisotopic (exact) mass is 536 g/mol. The van der Waals surface area contributed by atoms with Crippen LogP contribution in [-0.4, -0.2) is 56.7 Å². The Morgan fingerprint density at radius 1 is 1.14 bits per heavy atom. The first-order chi connectivity index (χ1) is 17.1. The topological polar surface area (TPSA) is 145 Å². The van der Waals surface area contributed by atoms with Crippen LogP contribution in [-0.2, 0) is 26.0 Å². The van der Waals surface area contributed by atoms with Crippen LogP contribution in [0.3, 0.4) is 0 Å². The predicted molar refractivity (Wildman–Crippen MR) is 140 cm³/mol. The Balaban J connectivity index is 1.85. The fraction of sp³-hybridized carbons (Fsp3) is 0.440. The lowest BCUT2D eigenvalue weighted by Gasteiger charge is -2.44. The van der Waals surface area contributed by atoms with Crippen LogP contribution in [0.2, 0.25) is 5.02 Å². The zero-order valence-electron chi connectivity index (χ0n) is 20.3. The summed E-state index contributed by atoms with van der Waals surface area (Å²) < 4.78 is 32.1. The molecule has 1 heterocycles. The van der Waals surface area contributed by atoms with Crippen LogP contribution in [0.25, 0.3) is 0 Å². The van der Waals surface area contributed by atoms with Crippen molar-refractivity contribution < 1.29 is 22.7 Å². The van der Waals surface area contributed by atoms with Gasteiger partial charge in [-0.25, -0.2) is 17.5 Å². The van der Waals surface area contributed by atoms with Gasteiger partial charge in [-0.3, -0.25) is 10.1 Å². The molecule has 1 unspecified atom stereocenters. The van der Waals surface area contributed by atoms with E-state index in [1.165, 1.54) is 4.31 Å². The summed E-state index contributed by atoms with van der Waals surface area (Å²) in [6, 6.07) is 14.3. The third-order valence-corrected chi connectivity index (χ3v) is 8.95. The summed E-state index contributed by atoms with van der Waals surface area (Å²) in [7, 11) is -3.53. The van der Waals surface area contributed by atoms with Gasteiger partial charge in [0, 0.05) is 35.8 Å². The molecule has 1 atom stereocenters. The Kier molecular flexibility index (Phi) is 9.35. The minimum absolute atomic E-state index is 0.00995. The van der Waals surface area contributed by atoms with Gasteiger partial charge < -0.3 is 16.2 Å². The van der Waals surface area contributed by atoms with Crippen molar-refractivity contribution in [3.05, 3.63) is 64.7 Å². The Bertz CT molecular complexity index is 1170. The number of nitrogens with two attached hydrogens (primary N) is 2. The Morgan fingerprint density at radius 2 is 1.78 bits per heavy atom. The molecule has 196 valence electrons. The number of hydrogen-bond acceptors (Lipinski definition) is 6. The third-order valence-electron chi connectivity index (χ3n) is 6.70. The first-order valence-corrected chi connectivity index (χ1v) is 13.8. The van der Waals surface area contributed by atoms with Gasteiger partial charge >= 0.3 is 6.09 Å². The molecule has 1 aliphatic rings. The van der Waals surface area contributed by atoms with E-state index in [-0.39, 0.29) is 44.8 Å². The summed E-state index contributed by atoms with van der Waals surface area (Å²) in [5, 5.41) is 3.06. The van der Waals surface area contributed by atoms with Gasteiger partial charge in [0.1, 0.15) is 0 Å². The SMILES string of the molecule is CCc1ccc(NC(=O)OCC2(C(C(N)=O)c3ccccc3Cl)CCN(S(=O)(=O)CCN)CC2)cc1. The largest absolute Gasteiger partial charge is 0.449 e. The van der Waals surface area contributed by atoms with Crippen LogP contribution in [0.1, 0.15) is 36.8 Å². The minimum atomic E-state index is -3.53. The van der Waals surface area contributed by atoms with E-state index in [0.29, 0.717) is 16.3 Å². The maximum atomic E-state index is 12.8. The second-order valence-corrected chi connectivity index (χ2v) is 11.5. The van der Waals surface area contributed by atoms with E-state index in [0.717, 1.165) is 12.0 Å². The van der Waals surface area contributed by atoms with Gasteiger partial charge in [0.05, 0.1) is 18.3 Å². The molecule has 0 bridgehead atoms. The summed E-state index contributed by atoms with van der Waals surface area (Å²) >= 11 is 6.43. The second-order valence-electron chi connectivity index (χ2n) is 8.97. The summed E-state index contributed by atoms with van der Waals surface area (Å²) in [6.45, 7) is 2.18. The number of halogens is 1. The highest BCUT2D eigenvalue weighted by molar-refractivity contribution is 7.89. The van der Waals surface area contributed by atoms with Crippen molar-refractivity contribution in [2.45, 2.75) is 32.1 Å². The molecule has 36 heavy (non-hydrogen) atoms. The van der Waals surface area contributed by atoms with Crippen LogP contribution in [0.15, 0.2) is 48.5 Å². The summed E-state index contributed by atoms with van der Waals surface area (Å²) in [5.74, 6) is -1.68. The number of aryl methyl sites for hydroxylation is 1. The molecule has 0 radical (unpaired) electrons. The molecule has 2 aromatic rings. The highest BCUT2D eigenvalue weighted by atomic mass is 35.5. The number of ether oxygens (including phenoxy) is 1. The quantitative estimate of drug-likeness (QED) is 0.425. The van der Waals surface area contributed by atoms with E-state index >= 15 is 0 Å². The first kappa shape index (κ1) is 27.9. The van der Waals surface area contributed by atoms with Gasteiger partial charge in [0.25, 0.3) is 0 Å². The highest BCUT2D eigenvalue weighted by Crippen LogP contribution is 2.47. The Labute approximate surface area is 217 Å². The van der Waals surface area contributed by atoms with E-state index in [4.69, 9.17) is 27.8 Å². The van der Waals surface area contributed by atoms with Crippen molar-refractivity contribution in [1.29, 1.82) is 0 Å². The number of piperidine rings is 1. The molecular weight excluding hydrogens is 504 g/mol. The normalized spacial score (nSPS) is 16.8. The maximum absolute atomic E-state index is 12.8. The molecule has 11 heteroatoms. The first-order valence-electron chi connectivity index (χ1n) is 11.9. The van der Waals surface area contributed by atoms with Crippen molar-refractivity contribution in [3.63, 3.8) is 0 Å². The number of sulfonamides is 1. The molecule has 1 saturated heterocycles. The van der Waals surface area contributed by atoms with Crippen LogP contribution >= 0.6 is 11.6 Å². The average Bonchev–Trinajstić information content (AvgIpc) is 2.85. The van der Waals surface area contributed by atoms with E-state index in [1.807, 2.05) is 19.1 Å². The van der Waals surface area contributed by atoms with Crippen LogP contribution < -0.4 is 16.8 Å². The molecule has 5 N–H and O–H groups in total. The van der Waals surface area contributed by atoms with Gasteiger partial charge in [0.2, 0.25) is 15.9 Å². The number of anilines is 1. The molecule has 3 rings (SSSR count). The maximum Gasteiger partial charge on any atom is 0.411 e. The van der Waals surface area contributed by atoms with E-state index in [9.17, 15) is 18.0 Å². The molecule has 0 aromatic heterocycles. The van der Waals surface area contributed by atoms with Crippen LogP contribution in [0, 0.1) is 5.41 Å². The van der Waals surface area contributed by atoms with Gasteiger partial charge in [0.15, 0.2) is 0 Å². The molecule has 0 spiro atoms. The Morgan fingerprint density at radius 3 is 2.33 bits per heavy atom. The third kappa shape index (κ3) is 6.56. The Hall–Kier alpha value is -2.66. The van der Waals surface area contributed by atoms with Crippen molar-refractivity contribution >= 4 is 39.3 Å². The number of hydrogen-bond donors (Lipinski definition) is 3. The van der Waals surface area contributed by atoms with Crippen molar-refractivity contribution in [1.82, 2.24) is 4.31 Å².